The molecule has 28 heavy (non-hydrogen) atoms. The molecule has 1 atom stereocenters. The van der Waals surface area contributed by atoms with Gasteiger partial charge in [-0.2, -0.15) is 0 Å². The summed E-state index contributed by atoms with van der Waals surface area (Å²) < 4.78 is 6.67. The van der Waals surface area contributed by atoms with Crippen molar-refractivity contribution in [1.82, 2.24) is 9.80 Å². The lowest BCUT2D eigenvalue weighted by atomic mass is 10.1. The van der Waals surface area contributed by atoms with Crippen molar-refractivity contribution in [3.63, 3.8) is 0 Å². The fourth-order valence-electron chi connectivity index (χ4n) is 2.95. The molecule has 0 unspecified atom stereocenters. The van der Waals surface area contributed by atoms with Crippen LogP contribution in [0.25, 0.3) is 0 Å². The Morgan fingerprint density at radius 2 is 1.71 bits per heavy atom. The Hall–Kier alpha value is -2.13. The second kappa shape index (κ2) is 10.4. The maximum Gasteiger partial charge on any atom is 0.320 e. The van der Waals surface area contributed by atoms with Crippen LogP contribution in [0.2, 0.25) is 0 Å². The van der Waals surface area contributed by atoms with E-state index in [1.165, 1.54) is 0 Å². The van der Waals surface area contributed by atoms with Crippen molar-refractivity contribution >= 4 is 33.7 Å². The molecule has 1 aromatic carbocycles. The first-order chi connectivity index (χ1) is 13.3. The number of rotatable bonds is 8. The van der Waals surface area contributed by atoms with E-state index in [1.54, 1.807) is 9.80 Å². The number of aryl methyl sites for hydroxylation is 1. The molecular formula is C19H26BrN3O5. The van der Waals surface area contributed by atoms with Gasteiger partial charge in [0, 0.05) is 37.1 Å². The maximum atomic E-state index is 12.3. The number of carbonyl (C=O) groups is 3. The normalized spacial score (nSPS) is 15.2. The zero-order valence-electron chi connectivity index (χ0n) is 15.9. The molecule has 1 saturated heterocycles. The summed E-state index contributed by atoms with van der Waals surface area (Å²) in [6.45, 7) is 4.06. The highest BCUT2D eigenvalue weighted by Crippen LogP contribution is 2.22. The van der Waals surface area contributed by atoms with Crippen molar-refractivity contribution in [2.75, 3.05) is 32.8 Å². The van der Waals surface area contributed by atoms with Crippen LogP contribution in [0.3, 0.4) is 0 Å². The molecule has 1 aliphatic rings. The van der Waals surface area contributed by atoms with Gasteiger partial charge in [0.05, 0.1) is 13.0 Å². The summed E-state index contributed by atoms with van der Waals surface area (Å²) in [5, 5.41) is 8.77. The van der Waals surface area contributed by atoms with Gasteiger partial charge in [0.25, 0.3) is 0 Å². The second-order valence-electron chi connectivity index (χ2n) is 6.75. The number of nitrogens with zero attached hydrogens (tertiary/aromatic N) is 2. The summed E-state index contributed by atoms with van der Waals surface area (Å²) in [4.78, 5) is 38.6. The number of amides is 2. The Bertz CT molecular complexity index is 720. The molecule has 3 N–H and O–H groups in total. The van der Waals surface area contributed by atoms with E-state index in [-0.39, 0.29) is 31.1 Å². The predicted octanol–water partition coefficient (Wildman–Crippen LogP) is 1.39. The zero-order chi connectivity index (χ0) is 20.7. The number of aliphatic carboxylic acids is 1. The summed E-state index contributed by atoms with van der Waals surface area (Å²) in [5.41, 5.74) is 6.42. The first-order valence-electron chi connectivity index (χ1n) is 9.21. The topological polar surface area (TPSA) is 113 Å². The van der Waals surface area contributed by atoms with Crippen molar-refractivity contribution < 1.29 is 24.2 Å². The number of hydrogen-bond donors (Lipinski definition) is 2. The van der Waals surface area contributed by atoms with E-state index in [9.17, 15) is 14.4 Å². The van der Waals surface area contributed by atoms with E-state index in [1.807, 2.05) is 25.1 Å². The molecule has 0 spiro atoms. The Kier molecular flexibility index (Phi) is 8.25. The summed E-state index contributed by atoms with van der Waals surface area (Å²) in [5.74, 6) is -0.484. The first-order valence-corrected chi connectivity index (χ1v) is 10.00. The Labute approximate surface area is 172 Å². The molecule has 9 heteroatoms. The molecule has 0 aliphatic carbocycles. The quantitative estimate of drug-likeness (QED) is 0.612. The van der Waals surface area contributed by atoms with Gasteiger partial charge < -0.3 is 25.4 Å². The van der Waals surface area contributed by atoms with E-state index in [4.69, 9.17) is 15.6 Å². The van der Waals surface area contributed by atoms with Gasteiger partial charge in [0.1, 0.15) is 11.8 Å². The van der Waals surface area contributed by atoms with Crippen LogP contribution in [0.15, 0.2) is 22.7 Å². The van der Waals surface area contributed by atoms with Crippen molar-refractivity contribution in [3.05, 3.63) is 28.2 Å². The van der Waals surface area contributed by atoms with Crippen LogP contribution in [-0.4, -0.2) is 71.5 Å². The molecule has 0 radical (unpaired) electrons. The van der Waals surface area contributed by atoms with Crippen LogP contribution in [0, 0.1) is 6.92 Å². The van der Waals surface area contributed by atoms with Crippen LogP contribution in [0.5, 0.6) is 5.75 Å². The van der Waals surface area contributed by atoms with E-state index in [2.05, 4.69) is 15.9 Å². The van der Waals surface area contributed by atoms with Gasteiger partial charge in [-0.1, -0.05) is 15.9 Å². The summed E-state index contributed by atoms with van der Waals surface area (Å²) >= 11 is 3.40. The lowest BCUT2D eigenvalue weighted by molar-refractivity contribution is -0.141. The predicted molar refractivity (Wildman–Crippen MR) is 107 cm³/mol. The number of benzene rings is 1. The molecule has 1 aromatic rings. The van der Waals surface area contributed by atoms with Crippen LogP contribution in [0.1, 0.15) is 24.8 Å². The molecule has 154 valence electrons. The van der Waals surface area contributed by atoms with Crippen LogP contribution in [-0.2, 0) is 14.4 Å². The largest absolute Gasteiger partial charge is 0.493 e. The van der Waals surface area contributed by atoms with Gasteiger partial charge in [-0.15, -0.1) is 0 Å². The number of carbonyl (C=O) groups excluding carboxylic acids is 2. The highest BCUT2D eigenvalue weighted by Gasteiger charge is 2.24. The molecule has 0 saturated carbocycles. The third-order valence-corrected chi connectivity index (χ3v) is 5.18. The van der Waals surface area contributed by atoms with Gasteiger partial charge in [-0.25, -0.2) is 0 Å². The second-order valence-corrected chi connectivity index (χ2v) is 7.67. The molecular weight excluding hydrogens is 430 g/mol. The fourth-order valence-corrected chi connectivity index (χ4v) is 3.42. The third-order valence-electron chi connectivity index (χ3n) is 4.68. The molecule has 0 bridgehead atoms. The summed E-state index contributed by atoms with van der Waals surface area (Å²) in [6.07, 6.45) is 0.485. The van der Waals surface area contributed by atoms with Crippen molar-refractivity contribution in [3.8, 4) is 5.75 Å². The van der Waals surface area contributed by atoms with E-state index in [0.717, 1.165) is 15.8 Å². The highest BCUT2D eigenvalue weighted by atomic mass is 79.9. The van der Waals surface area contributed by atoms with Crippen molar-refractivity contribution in [2.45, 2.75) is 32.2 Å². The van der Waals surface area contributed by atoms with Gasteiger partial charge in [0.2, 0.25) is 11.8 Å². The SMILES string of the molecule is Cc1cc(Br)ccc1OCCC(=O)N1CCN(C(=O)CC[C@H](N)C(=O)O)CC1. The van der Waals surface area contributed by atoms with Gasteiger partial charge >= 0.3 is 5.97 Å². The number of hydrogen-bond acceptors (Lipinski definition) is 5. The summed E-state index contributed by atoms with van der Waals surface area (Å²) in [6, 6.07) is 4.69. The fraction of sp³-hybridized carbons (Fsp3) is 0.526. The minimum absolute atomic E-state index is 0.00485. The molecule has 1 fully saturated rings. The summed E-state index contributed by atoms with van der Waals surface area (Å²) in [7, 11) is 0. The van der Waals surface area contributed by atoms with E-state index >= 15 is 0 Å². The molecule has 1 aliphatic heterocycles. The maximum absolute atomic E-state index is 12.3. The minimum Gasteiger partial charge on any atom is -0.493 e. The van der Waals surface area contributed by atoms with Crippen LogP contribution < -0.4 is 10.5 Å². The van der Waals surface area contributed by atoms with Crippen LogP contribution in [0.4, 0.5) is 0 Å². The molecule has 1 heterocycles. The van der Waals surface area contributed by atoms with Crippen molar-refractivity contribution in [2.24, 2.45) is 5.73 Å². The average molecular weight is 456 g/mol. The highest BCUT2D eigenvalue weighted by molar-refractivity contribution is 9.10. The zero-order valence-corrected chi connectivity index (χ0v) is 17.5. The standard InChI is InChI=1S/C19H26BrN3O5/c1-13-12-14(20)2-4-16(13)28-11-6-18(25)23-9-7-22(8-10-23)17(24)5-3-15(21)19(26)27/h2,4,12,15H,3,5-11,21H2,1H3,(H,26,27)/t15-/m0/s1. The van der Waals surface area contributed by atoms with Gasteiger partial charge in [-0.3, -0.25) is 14.4 Å². The third kappa shape index (κ3) is 6.49. The number of carboxylic acids is 1. The Balaban J connectivity index is 1.70. The lowest BCUT2D eigenvalue weighted by Crippen LogP contribution is -2.51. The monoisotopic (exact) mass is 455 g/mol. The number of ether oxygens (including phenoxy) is 1. The molecule has 8 nitrogen and oxygen atoms in total. The molecule has 0 aromatic heterocycles. The number of halogens is 1. The number of piperazine rings is 1. The molecule has 2 amide bonds. The minimum atomic E-state index is -1.11. The number of carboxylic acid groups (broad SMARTS) is 1. The van der Waals surface area contributed by atoms with Gasteiger partial charge in [-0.05, 0) is 37.1 Å². The van der Waals surface area contributed by atoms with E-state index < -0.39 is 12.0 Å². The Morgan fingerprint density at radius 3 is 2.25 bits per heavy atom. The average Bonchev–Trinajstić information content (AvgIpc) is 2.67. The Morgan fingerprint density at radius 1 is 1.14 bits per heavy atom. The van der Waals surface area contributed by atoms with Gasteiger partial charge in [0.15, 0.2) is 0 Å². The smallest absolute Gasteiger partial charge is 0.320 e. The van der Waals surface area contributed by atoms with Crippen molar-refractivity contribution in [1.29, 1.82) is 0 Å². The molecule has 2 rings (SSSR count). The van der Waals surface area contributed by atoms with E-state index in [0.29, 0.717) is 32.8 Å². The lowest BCUT2D eigenvalue weighted by Gasteiger charge is -2.35. The number of nitrogens with two attached hydrogens (primary N) is 1. The first kappa shape index (κ1) is 22.2. The van der Waals surface area contributed by atoms with Crippen LogP contribution >= 0.6 is 15.9 Å².